The molecule has 5 nitrogen and oxygen atoms in total. The van der Waals surface area contributed by atoms with Crippen molar-refractivity contribution >= 4 is 18.7 Å². The molecule has 3 fully saturated rings. The van der Waals surface area contributed by atoms with Gasteiger partial charge in [0.15, 0.2) is 5.78 Å². The first-order valence-electron chi connectivity index (χ1n) is 12.5. The van der Waals surface area contributed by atoms with E-state index in [1.54, 1.807) is 5.57 Å². The molecule has 0 N–H and O–H groups in total. The molecule has 6 rings (SSSR count). The molecule has 1 heterocycles. The van der Waals surface area contributed by atoms with Gasteiger partial charge >= 0.3 is 7.60 Å². The summed E-state index contributed by atoms with van der Waals surface area (Å²) in [7, 11) is -0.457. The maximum atomic E-state index is 12.9. The van der Waals surface area contributed by atoms with Gasteiger partial charge in [-0.1, -0.05) is 23.8 Å². The number of hydrogen-bond donors (Lipinski definition) is 0. The van der Waals surface area contributed by atoms with E-state index in [9.17, 15) is 9.36 Å². The highest BCUT2D eigenvalue weighted by Crippen LogP contribution is 2.74. The van der Waals surface area contributed by atoms with Crippen molar-refractivity contribution in [3.05, 3.63) is 65.3 Å². The number of rotatable bonds is 6. The van der Waals surface area contributed by atoms with E-state index >= 15 is 0 Å². The van der Waals surface area contributed by atoms with Gasteiger partial charge in [0.05, 0.1) is 5.30 Å². The number of epoxide rings is 1. The van der Waals surface area contributed by atoms with Crippen molar-refractivity contribution in [3.63, 3.8) is 0 Å². The van der Waals surface area contributed by atoms with Crippen LogP contribution in [0.5, 0.6) is 0 Å². The molecule has 0 amide bonds. The summed E-state index contributed by atoms with van der Waals surface area (Å²) < 4.78 is 30.0. The number of carbonyl (C=O) groups is 1. The van der Waals surface area contributed by atoms with Crippen LogP contribution in [-0.4, -0.2) is 31.2 Å². The van der Waals surface area contributed by atoms with Gasteiger partial charge in [-0.15, -0.1) is 6.58 Å². The zero-order valence-electron chi connectivity index (χ0n) is 20.0. The molecular formula is C28H33O5P. The van der Waals surface area contributed by atoms with E-state index in [0.717, 1.165) is 38.5 Å². The van der Waals surface area contributed by atoms with Crippen molar-refractivity contribution in [2.75, 3.05) is 14.2 Å². The Morgan fingerprint density at radius 1 is 1.15 bits per heavy atom. The Kier molecular flexibility index (Phi) is 5.24. The molecule has 0 bridgehead atoms. The molecule has 4 aliphatic carbocycles. The molecule has 1 aromatic rings. The minimum absolute atomic E-state index is 0.0474. The number of benzene rings is 1. The summed E-state index contributed by atoms with van der Waals surface area (Å²) in [4.78, 5) is 12.2. The Bertz CT molecular complexity index is 1160. The smallest absolute Gasteiger partial charge is 0.360 e. The average Bonchev–Trinajstić information content (AvgIpc) is 3.36. The molecule has 0 aromatic heterocycles. The molecule has 180 valence electrons. The van der Waals surface area contributed by atoms with E-state index in [1.165, 1.54) is 37.4 Å². The van der Waals surface area contributed by atoms with Crippen LogP contribution in [0.25, 0.3) is 0 Å². The predicted molar refractivity (Wildman–Crippen MR) is 131 cm³/mol. The lowest BCUT2D eigenvalue weighted by Gasteiger charge is -2.46. The van der Waals surface area contributed by atoms with E-state index in [4.69, 9.17) is 13.8 Å². The van der Waals surface area contributed by atoms with Crippen LogP contribution in [0.1, 0.15) is 62.8 Å². The standard InChI is InChI=1S/C28H33O5P/c1-4-14-27-15-13-25-23-11-7-19-16-20(29)8-12-22(19)26(23)24(17-28(25,27)33-27)18-5-9-21(10-6-18)34(30,31-2)32-3/h4-6,9-10,16,23-25H,1,7-8,11-15,17H2,2-3H3/t23-,24+,25-,27-,28+/m0/s1. The molecule has 5 aliphatic rings. The lowest BCUT2D eigenvalue weighted by Crippen LogP contribution is -2.42. The Morgan fingerprint density at radius 3 is 2.62 bits per heavy atom. The van der Waals surface area contributed by atoms with Crippen LogP contribution in [0, 0.1) is 11.8 Å². The number of hydrogen-bond acceptors (Lipinski definition) is 5. The van der Waals surface area contributed by atoms with E-state index in [0.29, 0.717) is 23.6 Å². The normalized spacial score (nSPS) is 36.2. The van der Waals surface area contributed by atoms with Crippen LogP contribution in [0.15, 0.2) is 59.7 Å². The van der Waals surface area contributed by atoms with Gasteiger partial charge in [-0.3, -0.25) is 9.36 Å². The van der Waals surface area contributed by atoms with Crippen molar-refractivity contribution in [1.82, 2.24) is 0 Å². The topological polar surface area (TPSA) is 65.1 Å². The quantitative estimate of drug-likeness (QED) is 0.294. The van der Waals surface area contributed by atoms with E-state index in [-0.39, 0.29) is 22.9 Å². The van der Waals surface area contributed by atoms with E-state index in [1.807, 2.05) is 24.3 Å². The third kappa shape index (κ3) is 3.03. The molecule has 0 unspecified atom stereocenters. The van der Waals surface area contributed by atoms with Gasteiger partial charge in [-0.2, -0.15) is 0 Å². The summed E-state index contributed by atoms with van der Waals surface area (Å²) in [6, 6.07) is 7.95. The second-order valence-corrected chi connectivity index (χ2v) is 12.8. The van der Waals surface area contributed by atoms with E-state index in [2.05, 4.69) is 18.7 Å². The van der Waals surface area contributed by atoms with Crippen LogP contribution < -0.4 is 5.30 Å². The first-order chi connectivity index (χ1) is 16.4. The number of fused-ring (bicyclic) bond motifs is 3. The maximum Gasteiger partial charge on any atom is 0.360 e. The second-order valence-electron chi connectivity index (χ2n) is 10.5. The first kappa shape index (κ1) is 22.7. The van der Waals surface area contributed by atoms with Crippen LogP contribution in [0.4, 0.5) is 0 Å². The SMILES string of the molecule is C=CC[C@]12CC[C@H]3[C@@H]4CCC5=CC(=O)CCC5=C4[C@@H](c4ccc(P(=O)(OC)OC)cc4)C[C@@]31O2. The number of carbonyl (C=O) groups excluding carboxylic acids is 1. The Hall–Kier alpha value is -1.78. The first-order valence-corrected chi connectivity index (χ1v) is 14.0. The summed E-state index contributed by atoms with van der Waals surface area (Å²) in [6.45, 7) is 4.02. The van der Waals surface area contributed by atoms with Gasteiger partial charge in [0.1, 0.15) is 11.2 Å². The van der Waals surface area contributed by atoms with Crippen LogP contribution in [0.2, 0.25) is 0 Å². The zero-order valence-corrected chi connectivity index (χ0v) is 20.9. The summed E-state index contributed by atoms with van der Waals surface area (Å²) in [5.41, 5.74) is 5.33. The molecule has 34 heavy (non-hydrogen) atoms. The highest BCUT2D eigenvalue weighted by Gasteiger charge is 2.78. The Balaban J connectivity index is 1.46. The summed E-state index contributed by atoms with van der Waals surface area (Å²) >= 11 is 0. The maximum absolute atomic E-state index is 12.9. The zero-order chi connectivity index (χ0) is 23.7. The molecular weight excluding hydrogens is 447 g/mol. The van der Waals surface area contributed by atoms with Crippen molar-refractivity contribution in [2.45, 2.75) is 68.5 Å². The third-order valence-electron chi connectivity index (χ3n) is 9.32. The van der Waals surface area contributed by atoms with Gasteiger partial charge in [0.2, 0.25) is 0 Å². The van der Waals surface area contributed by atoms with Crippen molar-refractivity contribution in [3.8, 4) is 0 Å². The average molecular weight is 481 g/mol. The third-order valence-corrected chi connectivity index (χ3v) is 11.2. The molecule has 6 heteroatoms. The lowest BCUT2D eigenvalue weighted by molar-refractivity contribution is -0.114. The molecule has 0 radical (unpaired) electrons. The van der Waals surface area contributed by atoms with Crippen LogP contribution in [-0.2, 0) is 23.1 Å². The van der Waals surface area contributed by atoms with E-state index < -0.39 is 7.60 Å². The highest BCUT2D eigenvalue weighted by molar-refractivity contribution is 7.62. The van der Waals surface area contributed by atoms with Crippen LogP contribution >= 0.6 is 7.60 Å². The Labute approximate surface area is 201 Å². The molecule has 5 atom stereocenters. The lowest BCUT2D eigenvalue weighted by atomic mass is 9.57. The van der Waals surface area contributed by atoms with Crippen molar-refractivity contribution in [1.29, 1.82) is 0 Å². The fourth-order valence-electron chi connectivity index (χ4n) is 7.85. The number of ether oxygens (including phenoxy) is 1. The molecule has 1 saturated heterocycles. The summed E-state index contributed by atoms with van der Waals surface area (Å²) in [6.07, 6.45) is 11.7. The summed E-state index contributed by atoms with van der Waals surface area (Å²) in [5, 5.41) is 0.569. The fourth-order valence-corrected chi connectivity index (χ4v) is 8.94. The van der Waals surface area contributed by atoms with Crippen molar-refractivity contribution < 1.29 is 23.1 Å². The minimum atomic E-state index is -3.29. The molecule has 1 spiro atoms. The molecule has 1 aliphatic heterocycles. The minimum Gasteiger partial charge on any atom is -0.362 e. The summed E-state index contributed by atoms with van der Waals surface area (Å²) in [5.74, 6) is 1.54. The fraction of sp³-hybridized carbons (Fsp3) is 0.536. The largest absolute Gasteiger partial charge is 0.362 e. The number of allylic oxidation sites excluding steroid dienone is 4. The number of ketones is 1. The van der Waals surface area contributed by atoms with Gasteiger partial charge in [0.25, 0.3) is 0 Å². The molecule has 1 aromatic carbocycles. The van der Waals surface area contributed by atoms with Crippen molar-refractivity contribution in [2.24, 2.45) is 11.8 Å². The monoisotopic (exact) mass is 480 g/mol. The van der Waals surface area contributed by atoms with Gasteiger partial charge in [-0.05, 0) is 91.7 Å². The highest BCUT2D eigenvalue weighted by atomic mass is 31.2. The second kappa shape index (κ2) is 7.86. The van der Waals surface area contributed by atoms with Gasteiger partial charge in [0, 0.05) is 26.6 Å². The Morgan fingerprint density at radius 2 is 1.91 bits per heavy atom. The molecule has 2 saturated carbocycles. The predicted octanol–water partition coefficient (Wildman–Crippen LogP) is 5.77. The van der Waals surface area contributed by atoms with Crippen LogP contribution in [0.3, 0.4) is 0 Å². The van der Waals surface area contributed by atoms with Gasteiger partial charge in [-0.25, -0.2) is 0 Å². The van der Waals surface area contributed by atoms with Gasteiger partial charge < -0.3 is 13.8 Å².